The van der Waals surface area contributed by atoms with Crippen molar-refractivity contribution in [3.8, 4) is 0 Å². The van der Waals surface area contributed by atoms with Gasteiger partial charge in [0.05, 0.1) is 6.61 Å². The molecule has 0 saturated carbocycles. The van der Waals surface area contributed by atoms with E-state index in [9.17, 15) is 0 Å². The molecule has 0 aromatic heterocycles. The number of piperidine rings is 1. The van der Waals surface area contributed by atoms with E-state index in [1.54, 1.807) is 7.11 Å². The molecule has 0 radical (unpaired) electrons. The van der Waals surface area contributed by atoms with Crippen molar-refractivity contribution in [2.75, 3.05) is 44.9 Å². The second-order valence-corrected chi connectivity index (χ2v) is 4.73. The quantitative estimate of drug-likeness (QED) is 0.611. The second-order valence-electron chi connectivity index (χ2n) is 3.51. The van der Waals surface area contributed by atoms with E-state index in [2.05, 4.69) is 4.90 Å². The molecule has 13 heavy (non-hydrogen) atoms. The molecule has 2 nitrogen and oxygen atoms in total. The Hall–Kier alpha value is 0.270. The molecule has 1 rings (SSSR count). The lowest BCUT2D eigenvalue weighted by Crippen LogP contribution is -2.31. The summed E-state index contributed by atoms with van der Waals surface area (Å²) in [5.74, 6) is 2.41. The Kier molecular flexibility index (Phi) is 6.68. The van der Waals surface area contributed by atoms with Crippen LogP contribution in [0.4, 0.5) is 0 Å². The van der Waals surface area contributed by atoms with Crippen LogP contribution in [-0.2, 0) is 4.74 Å². The summed E-state index contributed by atoms with van der Waals surface area (Å²) in [7, 11) is 1.77. The lowest BCUT2D eigenvalue weighted by molar-refractivity contribution is 0.218. The van der Waals surface area contributed by atoms with Crippen molar-refractivity contribution >= 4 is 11.8 Å². The maximum absolute atomic E-state index is 5.00. The normalized spacial score (nSPS) is 19.2. The second kappa shape index (κ2) is 7.65. The Morgan fingerprint density at radius 3 is 2.62 bits per heavy atom. The zero-order valence-electron chi connectivity index (χ0n) is 8.63. The first-order valence-corrected chi connectivity index (χ1v) is 6.38. The molecule has 0 aliphatic carbocycles. The van der Waals surface area contributed by atoms with Gasteiger partial charge in [0.15, 0.2) is 0 Å². The lowest BCUT2D eigenvalue weighted by atomic mass is 10.1. The fourth-order valence-electron chi connectivity index (χ4n) is 1.62. The third-order valence-electron chi connectivity index (χ3n) is 2.43. The summed E-state index contributed by atoms with van der Waals surface area (Å²) in [5.41, 5.74) is 0. The molecule has 0 unspecified atom stereocenters. The summed E-state index contributed by atoms with van der Waals surface area (Å²) in [6, 6.07) is 0. The van der Waals surface area contributed by atoms with Gasteiger partial charge in [-0.05, 0) is 25.9 Å². The average Bonchev–Trinajstić information content (AvgIpc) is 2.19. The summed E-state index contributed by atoms with van der Waals surface area (Å²) in [5, 5.41) is 0. The topological polar surface area (TPSA) is 12.5 Å². The summed E-state index contributed by atoms with van der Waals surface area (Å²) < 4.78 is 5.00. The number of rotatable bonds is 6. The highest BCUT2D eigenvalue weighted by Crippen LogP contribution is 2.09. The van der Waals surface area contributed by atoms with Crippen LogP contribution in [0.25, 0.3) is 0 Å². The molecule has 1 saturated heterocycles. The minimum atomic E-state index is 0.894. The zero-order chi connectivity index (χ0) is 9.36. The van der Waals surface area contributed by atoms with Gasteiger partial charge in [-0.1, -0.05) is 6.42 Å². The van der Waals surface area contributed by atoms with Gasteiger partial charge in [-0.2, -0.15) is 11.8 Å². The Bertz CT molecular complexity index is 115. The smallest absolute Gasteiger partial charge is 0.0552 e. The maximum Gasteiger partial charge on any atom is 0.0552 e. The van der Waals surface area contributed by atoms with Crippen LogP contribution in [0.5, 0.6) is 0 Å². The summed E-state index contributed by atoms with van der Waals surface area (Å²) in [6.07, 6.45) is 4.25. The summed E-state index contributed by atoms with van der Waals surface area (Å²) in [6.45, 7) is 4.81. The largest absolute Gasteiger partial charge is 0.384 e. The van der Waals surface area contributed by atoms with E-state index in [1.807, 2.05) is 11.8 Å². The van der Waals surface area contributed by atoms with Crippen LogP contribution in [0.2, 0.25) is 0 Å². The molecular weight excluding hydrogens is 182 g/mol. The number of thioether (sulfide) groups is 1. The van der Waals surface area contributed by atoms with E-state index in [0.717, 1.165) is 12.4 Å². The van der Waals surface area contributed by atoms with E-state index < -0.39 is 0 Å². The van der Waals surface area contributed by atoms with Crippen molar-refractivity contribution in [3.05, 3.63) is 0 Å². The first-order valence-electron chi connectivity index (χ1n) is 5.22. The van der Waals surface area contributed by atoms with Crippen LogP contribution in [0.3, 0.4) is 0 Å². The number of ether oxygens (including phenoxy) is 1. The van der Waals surface area contributed by atoms with Crippen LogP contribution in [0, 0.1) is 0 Å². The van der Waals surface area contributed by atoms with E-state index in [0.29, 0.717) is 0 Å². The molecule has 1 heterocycles. The molecule has 0 N–H and O–H groups in total. The maximum atomic E-state index is 5.00. The molecule has 0 aromatic carbocycles. The predicted octanol–water partition coefficient (Wildman–Crippen LogP) is 1.85. The van der Waals surface area contributed by atoms with E-state index in [-0.39, 0.29) is 0 Å². The van der Waals surface area contributed by atoms with Gasteiger partial charge in [-0.25, -0.2) is 0 Å². The highest BCUT2D eigenvalue weighted by atomic mass is 32.2. The first kappa shape index (κ1) is 11.3. The van der Waals surface area contributed by atoms with Gasteiger partial charge in [0.2, 0.25) is 0 Å². The van der Waals surface area contributed by atoms with Gasteiger partial charge >= 0.3 is 0 Å². The summed E-state index contributed by atoms with van der Waals surface area (Å²) >= 11 is 2.00. The van der Waals surface area contributed by atoms with Crippen molar-refractivity contribution in [2.45, 2.75) is 19.3 Å². The molecule has 0 bridgehead atoms. The van der Waals surface area contributed by atoms with Crippen LogP contribution < -0.4 is 0 Å². The number of hydrogen-bond donors (Lipinski definition) is 0. The average molecular weight is 203 g/mol. The molecule has 1 aliphatic rings. The van der Waals surface area contributed by atoms with Crippen molar-refractivity contribution < 1.29 is 4.74 Å². The van der Waals surface area contributed by atoms with Gasteiger partial charge in [0.1, 0.15) is 0 Å². The van der Waals surface area contributed by atoms with Crippen LogP contribution in [0.15, 0.2) is 0 Å². The molecule has 1 fully saturated rings. The Morgan fingerprint density at radius 2 is 1.92 bits per heavy atom. The third kappa shape index (κ3) is 5.55. The molecule has 1 aliphatic heterocycles. The van der Waals surface area contributed by atoms with Gasteiger partial charge in [0.25, 0.3) is 0 Å². The van der Waals surface area contributed by atoms with Crippen molar-refractivity contribution in [2.24, 2.45) is 0 Å². The molecule has 0 spiro atoms. The van der Waals surface area contributed by atoms with Crippen molar-refractivity contribution in [1.29, 1.82) is 0 Å². The Labute approximate surface area is 86.0 Å². The molecule has 0 atom stereocenters. The zero-order valence-corrected chi connectivity index (χ0v) is 9.44. The van der Waals surface area contributed by atoms with Gasteiger partial charge in [-0.15, -0.1) is 0 Å². The lowest BCUT2D eigenvalue weighted by Gasteiger charge is -2.25. The van der Waals surface area contributed by atoms with E-state index in [1.165, 1.54) is 44.6 Å². The minimum Gasteiger partial charge on any atom is -0.384 e. The molecule has 0 aromatic rings. The number of hydrogen-bond acceptors (Lipinski definition) is 3. The minimum absolute atomic E-state index is 0.894. The van der Waals surface area contributed by atoms with E-state index >= 15 is 0 Å². The van der Waals surface area contributed by atoms with Gasteiger partial charge in [-0.3, -0.25) is 0 Å². The molecular formula is C10H21NOS. The monoisotopic (exact) mass is 203 g/mol. The van der Waals surface area contributed by atoms with Crippen LogP contribution >= 0.6 is 11.8 Å². The highest BCUT2D eigenvalue weighted by Gasteiger charge is 2.08. The van der Waals surface area contributed by atoms with Crippen molar-refractivity contribution in [1.82, 2.24) is 4.90 Å². The predicted molar refractivity (Wildman–Crippen MR) is 59.5 cm³/mol. The van der Waals surface area contributed by atoms with Gasteiger partial charge in [0, 0.05) is 25.2 Å². The Balaban J connectivity index is 1.86. The molecule has 0 amide bonds. The standard InChI is InChI=1S/C10H21NOS/c1-12-8-10-13-9-7-11-5-3-2-4-6-11/h2-10H2,1H3. The molecule has 78 valence electrons. The SMILES string of the molecule is COCCSCCN1CCCCC1. The first-order chi connectivity index (χ1) is 6.43. The fourth-order valence-corrected chi connectivity index (χ4v) is 2.50. The van der Waals surface area contributed by atoms with Crippen molar-refractivity contribution in [3.63, 3.8) is 0 Å². The highest BCUT2D eigenvalue weighted by molar-refractivity contribution is 7.99. The number of methoxy groups -OCH3 is 1. The Morgan fingerprint density at radius 1 is 1.15 bits per heavy atom. The van der Waals surface area contributed by atoms with Crippen LogP contribution in [0.1, 0.15) is 19.3 Å². The summed E-state index contributed by atoms with van der Waals surface area (Å²) in [4.78, 5) is 2.59. The number of nitrogens with zero attached hydrogens (tertiary/aromatic N) is 1. The third-order valence-corrected chi connectivity index (χ3v) is 3.36. The number of likely N-dealkylation sites (tertiary alicyclic amines) is 1. The molecule has 3 heteroatoms. The fraction of sp³-hybridized carbons (Fsp3) is 1.00. The van der Waals surface area contributed by atoms with Gasteiger partial charge < -0.3 is 9.64 Å². The van der Waals surface area contributed by atoms with Crippen LogP contribution in [-0.4, -0.2) is 49.8 Å². The van der Waals surface area contributed by atoms with E-state index in [4.69, 9.17) is 4.74 Å².